The number of pyridine rings is 1. The van der Waals surface area contributed by atoms with Crippen LogP contribution in [-0.4, -0.2) is 39.8 Å². The van der Waals surface area contributed by atoms with Gasteiger partial charge < -0.3 is 19.7 Å². The molecule has 0 spiro atoms. The first kappa shape index (κ1) is 16.5. The zero-order valence-electron chi connectivity index (χ0n) is 13.4. The summed E-state index contributed by atoms with van der Waals surface area (Å²) in [4.78, 5) is 35.8. The summed E-state index contributed by atoms with van der Waals surface area (Å²) in [6.07, 6.45) is 2.51. The Morgan fingerprint density at radius 3 is 2.35 bits per heavy atom. The number of hydrogen-bond acceptors (Lipinski definition) is 4. The van der Waals surface area contributed by atoms with Crippen molar-refractivity contribution in [2.45, 2.75) is 18.9 Å². The lowest BCUT2D eigenvalue weighted by atomic mass is 9.98. The zero-order valence-corrected chi connectivity index (χ0v) is 13.4. The minimum absolute atomic E-state index is 0.0322. The minimum atomic E-state index is -1.46. The van der Waals surface area contributed by atoms with Crippen LogP contribution in [-0.2, 0) is 4.79 Å². The highest BCUT2D eigenvalue weighted by atomic mass is 19.1. The number of aromatic carboxylic acids is 1. The summed E-state index contributed by atoms with van der Waals surface area (Å²) >= 11 is 0. The first-order valence-electron chi connectivity index (χ1n) is 8.07. The molecule has 1 saturated carbocycles. The second-order valence-electron chi connectivity index (χ2n) is 6.67. The standard InChI is InChI=1S/C17H14F2N2O5/c18-11-3-9-13(12(19)14(11)20-4-7(5-20)16(23)24)21(8-1-2-8)6-10(15(9)22)17(25)26/h3,6-8H,1-2,4-5H2,(H,23,24)(H,25,26). The van der Waals surface area contributed by atoms with Crippen molar-refractivity contribution in [3.63, 3.8) is 0 Å². The molecule has 0 radical (unpaired) electrons. The van der Waals surface area contributed by atoms with Gasteiger partial charge in [-0.05, 0) is 18.9 Å². The molecule has 4 rings (SSSR count). The van der Waals surface area contributed by atoms with Gasteiger partial charge in [-0.3, -0.25) is 9.59 Å². The van der Waals surface area contributed by atoms with Gasteiger partial charge >= 0.3 is 11.9 Å². The number of benzene rings is 1. The average Bonchev–Trinajstić information content (AvgIpc) is 3.34. The molecule has 0 amide bonds. The number of fused-ring (bicyclic) bond motifs is 1. The van der Waals surface area contributed by atoms with Gasteiger partial charge in [0.1, 0.15) is 17.1 Å². The van der Waals surface area contributed by atoms with Crippen molar-refractivity contribution in [3.8, 4) is 0 Å². The molecule has 1 aliphatic heterocycles. The topological polar surface area (TPSA) is 99.8 Å². The Bertz CT molecular complexity index is 1020. The predicted octanol–water partition coefficient (Wildman–Crippen LogP) is 1.83. The van der Waals surface area contributed by atoms with Crippen LogP contribution in [0.15, 0.2) is 17.1 Å². The molecule has 136 valence electrons. The highest BCUT2D eigenvalue weighted by Gasteiger charge is 2.37. The molecule has 2 aromatic rings. The number of nitrogens with zero attached hydrogens (tertiary/aromatic N) is 2. The lowest BCUT2D eigenvalue weighted by molar-refractivity contribution is -0.142. The van der Waals surface area contributed by atoms with E-state index in [-0.39, 0.29) is 35.7 Å². The number of halogens is 2. The maximum Gasteiger partial charge on any atom is 0.341 e. The Morgan fingerprint density at radius 1 is 1.15 bits per heavy atom. The zero-order chi connectivity index (χ0) is 18.7. The van der Waals surface area contributed by atoms with Crippen LogP contribution in [0.3, 0.4) is 0 Å². The van der Waals surface area contributed by atoms with Gasteiger partial charge in [-0.15, -0.1) is 0 Å². The van der Waals surface area contributed by atoms with Crippen molar-refractivity contribution in [1.29, 1.82) is 0 Å². The van der Waals surface area contributed by atoms with Gasteiger partial charge in [0.05, 0.1) is 16.8 Å². The quantitative estimate of drug-likeness (QED) is 0.859. The summed E-state index contributed by atoms with van der Waals surface area (Å²) < 4.78 is 31.1. The Hall–Kier alpha value is -2.97. The molecule has 2 heterocycles. The normalized spacial score (nSPS) is 17.4. The van der Waals surface area contributed by atoms with E-state index in [9.17, 15) is 23.9 Å². The van der Waals surface area contributed by atoms with Crippen molar-refractivity contribution in [2.24, 2.45) is 5.92 Å². The summed E-state index contributed by atoms with van der Waals surface area (Å²) in [5.74, 6) is -5.18. The largest absolute Gasteiger partial charge is 0.481 e. The maximum absolute atomic E-state index is 15.2. The summed E-state index contributed by atoms with van der Waals surface area (Å²) in [7, 11) is 0. The molecule has 9 heteroatoms. The van der Waals surface area contributed by atoms with Gasteiger partial charge in [-0.1, -0.05) is 0 Å². The molecular formula is C17H14F2N2O5. The highest BCUT2D eigenvalue weighted by molar-refractivity contribution is 5.94. The average molecular weight is 364 g/mol. The van der Waals surface area contributed by atoms with Crippen molar-refractivity contribution in [1.82, 2.24) is 4.57 Å². The number of anilines is 1. The lowest BCUT2D eigenvalue weighted by Gasteiger charge is -2.39. The number of aromatic nitrogens is 1. The van der Waals surface area contributed by atoms with Gasteiger partial charge in [0.15, 0.2) is 5.82 Å². The molecule has 2 aliphatic rings. The fourth-order valence-electron chi connectivity index (χ4n) is 3.33. The summed E-state index contributed by atoms with van der Waals surface area (Å²) in [5.41, 5.74) is -2.00. The molecule has 1 aromatic carbocycles. The van der Waals surface area contributed by atoms with Crippen LogP contribution >= 0.6 is 0 Å². The Kier molecular flexibility index (Phi) is 3.50. The Balaban J connectivity index is 1.93. The van der Waals surface area contributed by atoms with Crippen LogP contribution in [0.25, 0.3) is 10.9 Å². The molecule has 1 aromatic heterocycles. The molecule has 1 aliphatic carbocycles. The molecule has 7 nitrogen and oxygen atoms in total. The number of hydrogen-bond donors (Lipinski definition) is 2. The van der Waals surface area contributed by atoms with E-state index in [4.69, 9.17) is 5.11 Å². The molecule has 1 saturated heterocycles. The number of carboxylic acids is 2. The van der Waals surface area contributed by atoms with Gasteiger partial charge in [0, 0.05) is 25.3 Å². The fraction of sp³-hybridized carbons (Fsp3) is 0.353. The second-order valence-corrected chi connectivity index (χ2v) is 6.67. The van der Waals surface area contributed by atoms with E-state index in [0.717, 1.165) is 12.3 Å². The molecule has 26 heavy (non-hydrogen) atoms. The van der Waals surface area contributed by atoms with Crippen LogP contribution in [0.1, 0.15) is 29.2 Å². The summed E-state index contributed by atoms with van der Waals surface area (Å²) in [6.45, 7) is -0.0644. The first-order valence-corrected chi connectivity index (χ1v) is 8.07. The molecule has 0 atom stereocenters. The van der Waals surface area contributed by atoms with Crippen LogP contribution in [0, 0.1) is 17.6 Å². The van der Waals surface area contributed by atoms with Gasteiger partial charge in [0.25, 0.3) is 0 Å². The van der Waals surface area contributed by atoms with E-state index < -0.39 is 40.5 Å². The Labute approximate surface area is 145 Å². The maximum atomic E-state index is 15.2. The highest BCUT2D eigenvalue weighted by Crippen LogP contribution is 2.40. The molecular weight excluding hydrogens is 350 g/mol. The van der Waals surface area contributed by atoms with Crippen LogP contribution in [0.5, 0.6) is 0 Å². The number of rotatable bonds is 4. The van der Waals surface area contributed by atoms with E-state index in [1.54, 1.807) is 0 Å². The number of carbonyl (C=O) groups is 2. The van der Waals surface area contributed by atoms with E-state index in [2.05, 4.69) is 0 Å². The van der Waals surface area contributed by atoms with Crippen molar-refractivity contribution in [2.75, 3.05) is 18.0 Å². The van der Waals surface area contributed by atoms with E-state index >= 15 is 4.39 Å². The van der Waals surface area contributed by atoms with Crippen molar-refractivity contribution >= 4 is 28.5 Å². The SMILES string of the molecule is O=C(O)c1cn(C2CC2)c2c(F)c(N3CC(C(=O)O)C3)c(F)cc2c1=O. The smallest absolute Gasteiger partial charge is 0.341 e. The van der Waals surface area contributed by atoms with Gasteiger partial charge in [-0.2, -0.15) is 0 Å². The monoisotopic (exact) mass is 364 g/mol. The van der Waals surface area contributed by atoms with Crippen LogP contribution < -0.4 is 10.3 Å². The van der Waals surface area contributed by atoms with Crippen LogP contribution in [0.2, 0.25) is 0 Å². The molecule has 2 fully saturated rings. The van der Waals surface area contributed by atoms with Gasteiger partial charge in [0.2, 0.25) is 5.43 Å². The predicted molar refractivity (Wildman–Crippen MR) is 86.7 cm³/mol. The van der Waals surface area contributed by atoms with Gasteiger partial charge in [-0.25, -0.2) is 13.6 Å². The lowest BCUT2D eigenvalue weighted by Crippen LogP contribution is -2.51. The third-order valence-electron chi connectivity index (χ3n) is 4.90. The summed E-state index contributed by atoms with van der Waals surface area (Å²) in [6, 6.07) is 0.697. The van der Waals surface area contributed by atoms with E-state index in [0.29, 0.717) is 12.8 Å². The number of carboxylic acid groups (broad SMARTS) is 2. The van der Waals surface area contributed by atoms with Crippen molar-refractivity contribution < 1.29 is 28.6 Å². The van der Waals surface area contributed by atoms with E-state index in [1.807, 2.05) is 0 Å². The Morgan fingerprint density at radius 2 is 1.81 bits per heavy atom. The molecule has 2 N–H and O–H groups in total. The summed E-state index contributed by atoms with van der Waals surface area (Å²) in [5, 5.41) is 17.8. The third kappa shape index (κ3) is 2.34. The minimum Gasteiger partial charge on any atom is -0.481 e. The molecule has 0 bridgehead atoms. The van der Waals surface area contributed by atoms with Crippen LogP contribution in [0.4, 0.5) is 14.5 Å². The number of aliphatic carboxylic acids is 1. The van der Waals surface area contributed by atoms with E-state index in [1.165, 1.54) is 9.47 Å². The fourth-order valence-corrected chi connectivity index (χ4v) is 3.33. The second kappa shape index (κ2) is 5.52. The van der Waals surface area contributed by atoms with Crippen molar-refractivity contribution in [3.05, 3.63) is 39.7 Å². The third-order valence-corrected chi connectivity index (χ3v) is 4.90. The molecule has 0 unspecified atom stereocenters. The first-order chi connectivity index (χ1) is 12.3.